The molecule has 1 N–H and O–H groups in total. The van der Waals surface area contributed by atoms with Gasteiger partial charge in [-0.1, -0.05) is 35.3 Å². The lowest BCUT2D eigenvalue weighted by Gasteiger charge is -2.26. The molecular formula is C27H21Cl2NO7. The Morgan fingerprint density at radius 1 is 0.919 bits per heavy atom. The van der Waals surface area contributed by atoms with Crippen LogP contribution in [0.4, 0.5) is 5.69 Å². The second-order valence-corrected chi connectivity index (χ2v) is 8.79. The fourth-order valence-corrected chi connectivity index (χ4v) is 4.74. The van der Waals surface area contributed by atoms with E-state index in [1.807, 2.05) is 0 Å². The number of aliphatic hydroxyl groups is 1. The van der Waals surface area contributed by atoms with Gasteiger partial charge in [-0.2, -0.15) is 0 Å². The van der Waals surface area contributed by atoms with Gasteiger partial charge in [-0.05, 0) is 54.1 Å². The fourth-order valence-electron chi connectivity index (χ4n) is 4.17. The summed E-state index contributed by atoms with van der Waals surface area (Å²) in [6.07, 6.45) is 0. The van der Waals surface area contributed by atoms with E-state index < -0.39 is 29.5 Å². The summed E-state index contributed by atoms with van der Waals surface area (Å²) >= 11 is 12.4. The number of ether oxygens (including phenoxy) is 3. The summed E-state index contributed by atoms with van der Waals surface area (Å²) in [7, 11) is 4.13. The van der Waals surface area contributed by atoms with Crippen molar-refractivity contribution in [3.05, 3.63) is 93.0 Å². The summed E-state index contributed by atoms with van der Waals surface area (Å²) in [5, 5.41) is 11.7. The number of aliphatic hydroxyl groups excluding tert-OH is 1. The first-order valence-electron chi connectivity index (χ1n) is 10.9. The molecule has 1 saturated heterocycles. The number of benzene rings is 3. The second-order valence-electron chi connectivity index (χ2n) is 7.95. The molecule has 0 aliphatic carbocycles. The van der Waals surface area contributed by atoms with Gasteiger partial charge in [-0.25, -0.2) is 4.79 Å². The maximum absolute atomic E-state index is 13.4. The van der Waals surface area contributed by atoms with Gasteiger partial charge in [0.15, 0.2) is 0 Å². The van der Waals surface area contributed by atoms with Crippen molar-refractivity contribution in [3.8, 4) is 11.5 Å². The minimum absolute atomic E-state index is 0.0533. The Labute approximate surface area is 222 Å². The maximum atomic E-state index is 13.4. The molecule has 3 aromatic rings. The molecule has 0 bridgehead atoms. The highest BCUT2D eigenvalue weighted by Crippen LogP contribution is 2.45. The number of hydrogen-bond donors (Lipinski definition) is 1. The third-order valence-electron chi connectivity index (χ3n) is 5.91. The average Bonchev–Trinajstić information content (AvgIpc) is 3.17. The summed E-state index contributed by atoms with van der Waals surface area (Å²) in [6, 6.07) is 14.5. The highest BCUT2D eigenvalue weighted by atomic mass is 35.5. The standard InChI is InChI=1S/C27H21Cl2NO7/c1-35-18-10-6-14(7-11-18)22-21(23(31)19-12-16(28)13-20(29)25(19)36-2)24(32)26(33)30(22)17-8-4-15(5-9-17)27(34)37-3/h4-13,22,31H,1-3H3/b23-21+. The molecule has 0 radical (unpaired) electrons. The number of esters is 1. The van der Waals surface area contributed by atoms with Crippen molar-refractivity contribution in [2.75, 3.05) is 26.2 Å². The molecule has 8 nitrogen and oxygen atoms in total. The van der Waals surface area contributed by atoms with Crippen molar-refractivity contribution in [3.63, 3.8) is 0 Å². The second kappa shape index (κ2) is 10.5. The molecule has 0 aromatic heterocycles. The molecule has 0 spiro atoms. The maximum Gasteiger partial charge on any atom is 0.337 e. The Morgan fingerprint density at radius 2 is 1.57 bits per heavy atom. The van der Waals surface area contributed by atoms with Crippen LogP contribution in [0.2, 0.25) is 10.0 Å². The number of anilines is 1. The largest absolute Gasteiger partial charge is 0.507 e. The van der Waals surface area contributed by atoms with E-state index in [2.05, 4.69) is 0 Å². The first-order chi connectivity index (χ1) is 17.7. The number of amides is 1. The number of halogens is 2. The van der Waals surface area contributed by atoms with E-state index in [0.29, 0.717) is 17.0 Å². The molecule has 1 fully saturated rings. The van der Waals surface area contributed by atoms with Crippen molar-refractivity contribution in [2.24, 2.45) is 0 Å². The molecule has 1 heterocycles. The van der Waals surface area contributed by atoms with Crippen LogP contribution in [-0.4, -0.2) is 44.1 Å². The number of rotatable bonds is 6. The van der Waals surface area contributed by atoms with E-state index in [-0.39, 0.29) is 32.5 Å². The zero-order valence-electron chi connectivity index (χ0n) is 20.0. The fraction of sp³-hybridized carbons (Fsp3) is 0.148. The van der Waals surface area contributed by atoms with Gasteiger partial charge in [0.05, 0.1) is 49.1 Å². The van der Waals surface area contributed by atoms with Crippen molar-refractivity contribution in [1.82, 2.24) is 0 Å². The third-order valence-corrected chi connectivity index (χ3v) is 6.41. The predicted molar refractivity (Wildman–Crippen MR) is 139 cm³/mol. The minimum Gasteiger partial charge on any atom is -0.507 e. The van der Waals surface area contributed by atoms with E-state index in [0.717, 1.165) is 0 Å². The Morgan fingerprint density at radius 3 is 2.14 bits per heavy atom. The summed E-state index contributed by atoms with van der Waals surface area (Å²) in [5.41, 5.74) is 0.972. The SMILES string of the molecule is COC(=O)c1ccc(N2C(=O)C(=O)/C(=C(/O)c3cc(Cl)cc(Cl)c3OC)C2c2ccc(OC)cc2)cc1. The average molecular weight is 542 g/mol. The van der Waals surface area contributed by atoms with Gasteiger partial charge < -0.3 is 19.3 Å². The lowest BCUT2D eigenvalue weighted by atomic mass is 9.94. The van der Waals surface area contributed by atoms with Crippen LogP contribution in [0, 0.1) is 0 Å². The molecule has 1 unspecified atom stereocenters. The predicted octanol–water partition coefficient (Wildman–Crippen LogP) is 5.42. The van der Waals surface area contributed by atoms with Crippen molar-refractivity contribution in [2.45, 2.75) is 6.04 Å². The summed E-state index contributed by atoms with van der Waals surface area (Å²) in [6.45, 7) is 0. The van der Waals surface area contributed by atoms with Crippen molar-refractivity contribution >= 4 is 52.3 Å². The zero-order chi connectivity index (χ0) is 26.9. The molecule has 1 atom stereocenters. The van der Waals surface area contributed by atoms with Gasteiger partial charge in [-0.15, -0.1) is 0 Å². The van der Waals surface area contributed by atoms with E-state index in [1.54, 1.807) is 24.3 Å². The minimum atomic E-state index is -1.03. The molecule has 1 amide bonds. The van der Waals surface area contributed by atoms with Crippen LogP contribution in [0.3, 0.4) is 0 Å². The number of hydrogen-bond acceptors (Lipinski definition) is 7. The van der Waals surface area contributed by atoms with Gasteiger partial charge in [-0.3, -0.25) is 14.5 Å². The molecule has 1 aliphatic heterocycles. The normalized spacial score (nSPS) is 16.6. The number of carbonyl (C=O) groups excluding carboxylic acids is 3. The highest BCUT2D eigenvalue weighted by molar-refractivity contribution is 6.52. The van der Waals surface area contributed by atoms with Gasteiger partial charge in [0.1, 0.15) is 17.3 Å². The Bertz CT molecular complexity index is 1420. The lowest BCUT2D eigenvalue weighted by molar-refractivity contribution is -0.132. The number of ketones is 1. The molecule has 4 rings (SSSR count). The topological polar surface area (TPSA) is 102 Å². The monoisotopic (exact) mass is 541 g/mol. The van der Waals surface area contributed by atoms with E-state index >= 15 is 0 Å². The molecule has 37 heavy (non-hydrogen) atoms. The van der Waals surface area contributed by atoms with E-state index in [1.165, 1.54) is 62.6 Å². The Hall–Kier alpha value is -4.01. The van der Waals surface area contributed by atoms with E-state index in [4.69, 9.17) is 37.4 Å². The molecule has 1 aliphatic rings. The number of carbonyl (C=O) groups is 3. The molecule has 190 valence electrons. The smallest absolute Gasteiger partial charge is 0.337 e. The first-order valence-corrected chi connectivity index (χ1v) is 11.6. The van der Waals surface area contributed by atoms with Crippen LogP contribution in [0.1, 0.15) is 27.5 Å². The van der Waals surface area contributed by atoms with Crippen LogP contribution >= 0.6 is 23.2 Å². The Balaban J connectivity index is 1.95. The number of methoxy groups -OCH3 is 3. The van der Waals surface area contributed by atoms with Crippen LogP contribution in [0.5, 0.6) is 11.5 Å². The summed E-state index contributed by atoms with van der Waals surface area (Å²) < 4.78 is 15.3. The van der Waals surface area contributed by atoms with Gasteiger partial charge in [0, 0.05) is 10.7 Å². The molecule has 0 saturated carbocycles. The summed E-state index contributed by atoms with van der Waals surface area (Å²) in [4.78, 5) is 39.9. The van der Waals surface area contributed by atoms with Gasteiger partial charge >= 0.3 is 5.97 Å². The number of nitrogens with zero attached hydrogens (tertiary/aromatic N) is 1. The molecule has 3 aromatic carbocycles. The van der Waals surface area contributed by atoms with Gasteiger partial charge in [0.25, 0.3) is 11.7 Å². The van der Waals surface area contributed by atoms with Crippen LogP contribution in [-0.2, 0) is 14.3 Å². The van der Waals surface area contributed by atoms with Crippen LogP contribution in [0.15, 0.2) is 66.2 Å². The summed E-state index contributed by atoms with van der Waals surface area (Å²) in [5.74, 6) is -2.20. The first kappa shape index (κ1) is 26.1. The number of Topliss-reactive ketones (excluding diaryl/α,β-unsaturated/α-hetero) is 1. The van der Waals surface area contributed by atoms with Crippen molar-refractivity contribution in [1.29, 1.82) is 0 Å². The zero-order valence-corrected chi connectivity index (χ0v) is 21.5. The van der Waals surface area contributed by atoms with Crippen LogP contribution in [0.25, 0.3) is 5.76 Å². The Kier molecular flexibility index (Phi) is 7.42. The van der Waals surface area contributed by atoms with Crippen molar-refractivity contribution < 1.29 is 33.7 Å². The third kappa shape index (κ3) is 4.73. The quantitative estimate of drug-likeness (QED) is 0.192. The highest BCUT2D eigenvalue weighted by Gasteiger charge is 2.47. The molecule has 10 heteroatoms. The van der Waals surface area contributed by atoms with E-state index in [9.17, 15) is 19.5 Å². The van der Waals surface area contributed by atoms with Gasteiger partial charge in [0.2, 0.25) is 0 Å². The molecular weight excluding hydrogens is 521 g/mol. The van der Waals surface area contributed by atoms with Crippen LogP contribution < -0.4 is 14.4 Å². The lowest BCUT2D eigenvalue weighted by Crippen LogP contribution is -2.29.